The minimum Gasteiger partial charge on any atom is -0.281 e. The zero-order valence-electron chi connectivity index (χ0n) is 10.3. The largest absolute Gasteiger partial charge is 0.281 e. The number of rotatable bonds is 4. The van der Waals surface area contributed by atoms with Gasteiger partial charge in [-0.3, -0.25) is 5.10 Å². The average Bonchev–Trinajstić information content (AvgIpc) is 2.68. The zero-order valence-corrected chi connectivity index (χ0v) is 11.8. The molecule has 2 rings (SSSR count). The maximum Gasteiger partial charge on any atom is 0.107 e. The molecular weight excluding hydrogens is 276 g/mol. The van der Waals surface area contributed by atoms with Crippen molar-refractivity contribution in [1.82, 2.24) is 10.2 Å². The second-order valence-electron chi connectivity index (χ2n) is 4.31. The van der Waals surface area contributed by atoms with Crippen LogP contribution in [-0.2, 0) is 6.42 Å². The highest BCUT2D eigenvalue weighted by atomic mass is 79.9. The summed E-state index contributed by atoms with van der Waals surface area (Å²) < 4.78 is 1.05. The predicted octanol–water partition coefficient (Wildman–Crippen LogP) is 4.49. The van der Waals surface area contributed by atoms with Gasteiger partial charge in [-0.15, -0.1) is 0 Å². The quantitative estimate of drug-likeness (QED) is 0.884. The van der Waals surface area contributed by atoms with Crippen LogP contribution in [-0.4, -0.2) is 10.2 Å². The molecule has 0 spiro atoms. The topological polar surface area (TPSA) is 28.7 Å². The first-order chi connectivity index (χ1) is 8.22. The second kappa shape index (κ2) is 5.50. The van der Waals surface area contributed by atoms with E-state index >= 15 is 0 Å². The van der Waals surface area contributed by atoms with Gasteiger partial charge in [0.05, 0.1) is 4.47 Å². The van der Waals surface area contributed by atoms with Gasteiger partial charge in [-0.2, -0.15) is 5.10 Å². The van der Waals surface area contributed by atoms with Gasteiger partial charge in [-0.1, -0.05) is 37.6 Å². The highest BCUT2D eigenvalue weighted by Crippen LogP contribution is 2.28. The SMILES string of the molecule is CCCCc1ccc(-c2n[nH]c(C)c2Br)cc1. The van der Waals surface area contributed by atoms with Gasteiger partial charge in [0.1, 0.15) is 5.69 Å². The highest BCUT2D eigenvalue weighted by Gasteiger charge is 2.08. The van der Waals surface area contributed by atoms with Crippen LogP contribution in [0.25, 0.3) is 11.3 Å². The van der Waals surface area contributed by atoms with E-state index < -0.39 is 0 Å². The number of H-pyrrole nitrogens is 1. The number of nitrogens with one attached hydrogen (secondary N) is 1. The Morgan fingerprint density at radius 1 is 1.24 bits per heavy atom. The molecule has 2 aromatic rings. The van der Waals surface area contributed by atoms with Crippen molar-refractivity contribution in [3.63, 3.8) is 0 Å². The molecule has 0 radical (unpaired) electrons. The van der Waals surface area contributed by atoms with Crippen LogP contribution in [0.4, 0.5) is 0 Å². The van der Waals surface area contributed by atoms with Crippen molar-refractivity contribution in [2.24, 2.45) is 0 Å². The highest BCUT2D eigenvalue weighted by molar-refractivity contribution is 9.10. The molecule has 1 aromatic carbocycles. The fourth-order valence-electron chi connectivity index (χ4n) is 1.82. The molecule has 0 aliphatic carbocycles. The van der Waals surface area contributed by atoms with Gasteiger partial charge in [0.25, 0.3) is 0 Å². The van der Waals surface area contributed by atoms with Crippen molar-refractivity contribution in [2.75, 3.05) is 0 Å². The first-order valence-electron chi connectivity index (χ1n) is 6.02. The van der Waals surface area contributed by atoms with Gasteiger partial charge >= 0.3 is 0 Å². The number of hydrogen-bond donors (Lipinski definition) is 1. The smallest absolute Gasteiger partial charge is 0.107 e. The molecule has 3 heteroatoms. The third kappa shape index (κ3) is 2.78. The van der Waals surface area contributed by atoms with Crippen molar-refractivity contribution in [2.45, 2.75) is 33.1 Å². The molecule has 0 saturated carbocycles. The van der Waals surface area contributed by atoms with E-state index in [9.17, 15) is 0 Å². The van der Waals surface area contributed by atoms with Crippen LogP contribution >= 0.6 is 15.9 Å². The molecule has 0 fully saturated rings. The first kappa shape index (κ1) is 12.4. The molecule has 0 unspecified atom stereocenters. The van der Waals surface area contributed by atoms with E-state index in [1.807, 2.05) is 6.92 Å². The fourth-order valence-corrected chi connectivity index (χ4v) is 2.22. The number of aryl methyl sites for hydroxylation is 2. The number of aromatic amines is 1. The summed E-state index contributed by atoms with van der Waals surface area (Å²) in [4.78, 5) is 0. The molecule has 0 aliphatic heterocycles. The Morgan fingerprint density at radius 2 is 1.94 bits per heavy atom. The normalized spacial score (nSPS) is 10.8. The van der Waals surface area contributed by atoms with E-state index in [1.165, 1.54) is 18.4 Å². The van der Waals surface area contributed by atoms with Crippen molar-refractivity contribution >= 4 is 15.9 Å². The number of unbranched alkanes of at least 4 members (excludes halogenated alkanes) is 1. The number of benzene rings is 1. The van der Waals surface area contributed by atoms with Crippen molar-refractivity contribution in [1.29, 1.82) is 0 Å². The van der Waals surface area contributed by atoms with E-state index in [1.54, 1.807) is 0 Å². The summed E-state index contributed by atoms with van der Waals surface area (Å²) in [6.07, 6.45) is 3.66. The Bertz CT molecular complexity index is 485. The molecule has 0 atom stereocenters. The van der Waals surface area contributed by atoms with Gasteiger partial charge < -0.3 is 0 Å². The van der Waals surface area contributed by atoms with Crippen LogP contribution in [0, 0.1) is 6.92 Å². The number of aromatic nitrogens is 2. The zero-order chi connectivity index (χ0) is 12.3. The number of halogens is 1. The maximum absolute atomic E-state index is 4.31. The summed E-state index contributed by atoms with van der Waals surface area (Å²) in [5.74, 6) is 0. The Hall–Kier alpha value is -1.09. The van der Waals surface area contributed by atoms with E-state index in [0.717, 1.165) is 27.8 Å². The van der Waals surface area contributed by atoms with Crippen molar-refractivity contribution < 1.29 is 0 Å². The average molecular weight is 293 g/mol. The summed E-state index contributed by atoms with van der Waals surface area (Å²) in [7, 11) is 0. The molecular formula is C14H17BrN2. The molecule has 17 heavy (non-hydrogen) atoms. The van der Waals surface area contributed by atoms with Gasteiger partial charge in [0.15, 0.2) is 0 Å². The molecule has 90 valence electrons. The fraction of sp³-hybridized carbons (Fsp3) is 0.357. The summed E-state index contributed by atoms with van der Waals surface area (Å²) >= 11 is 3.55. The molecule has 1 aromatic heterocycles. The summed E-state index contributed by atoms with van der Waals surface area (Å²) in [5, 5.41) is 7.29. The molecule has 1 N–H and O–H groups in total. The summed E-state index contributed by atoms with van der Waals surface area (Å²) in [5.41, 5.74) is 4.61. The first-order valence-corrected chi connectivity index (χ1v) is 6.81. The van der Waals surface area contributed by atoms with E-state index in [-0.39, 0.29) is 0 Å². The summed E-state index contributed by atoms with van der Waals surface area (Å²) in [6, 6.07) is 8.68. The minimum atomic E-state index is 0.990. The lowest BCUT2D eigenvalue weighted by atomic mass is 10.0. The Balaban J connectivity index is 2.20. The molecule has 1 heterocycles. The third-order valence-electron chi connectivity index (χ3n) is 2.92. The van der Waals surface area contributed by atoms with Crippen LogP contribution in [0.1, 0.15) is 31.0 Å². The predicted molar refractivity (Wildman–Crippen MR) is 75.1 cm³/mol. The lowest BCUT2D eigenvalue weighted by Gasteiger charge is -2.02. The van der Waals surface area contributed by atoms with Crippen LogP contribution in [0.5, 0.6) is 0 Å². The second-order valence-corrected chi connectivity index (χ2v) is 5.10. The van der Waals surface area contributed by atoms with Crippen LogP contribution < -0.4 is 0 Å². The van der Waals surface area contributed by atoms with Gasteiger partial charge in [-0.05, 0) is 41.3 Å². The standard InChI is InChI=1S/C14H17BrN2/c1-3-4-5-11-6-8-12(9-7-11)14-13(15)10(2)16-17-14/h6-9H,3-5H2,1-2H3,(H,16,17). The minimum absolute atomic E-state index is 0.990. The maximum atomic E-state index is 4.31. The monoisotopic (exact) mass is 292 g/mol. The van der Waals surface area contributed by atoms with Crippen molar-refractivity contribution in [3.05, 3.63) is 40.0 Å². The van der Waals surface area contributed by atoms with Crippen LogP contribution in [0.15, 0.2) is 28.7 Å². The van der Waals surface area contributed by atoms with E-state index in [4.69, 9.17) is 0 Å². The van der Waals surface area contributed by atoms with Crippen LogP contribution in [0.3, 0.4) is 0 Å². The Labute approximate surface area is 111 Å². The summed E-state index contributed by atoms with van der Waals surface area (Å²) in [6.45, 7) is 4.23. The number of nitrogens with zero attached hydrogens (tertiary/aromatic N) is 1. The molecule has 0 aliphatic rings. The van der Waals surface area contributed by atoms with E-state index in [2.05, 4.69) is 57.3 Å². The molecule has 2 nitrogen and oxygen atoms in total. The number of hydrogen-bond acceptors (Lipinski definition) is 1. The Kier molecular flexibility index (Phi) is 4.00. The lowest BCUT2D eigenvalue weighted by molar-refractivity contribution is 0.795. The van der Waals surface area contributed by atoms with Crippen molar-refractivity contribution in [3.8, 4) is 11.3 Å². The van der Waals surface area contributed by atoms with Gasteiger partial charge in [-0.25, -0.2) is 0 Å². The van der Waals surface area contributed by atoms with Gasteiger partial charge in [0, 0.05) is 11.3 Å². The molecule has 0 bridgehead atoms. The lowest BCUT2D eigenvalue weighted by Crippen LogP contribution is -1.85. The molecule has 0 amide bonds. The molecule has 0 saturated heterocycles. The van der Waals surface area contributed by atoms with Gasteiger partial charge in [0.2, 0.25) is 0 Å². The van der Waals surface area contributed by atoms with E-state index in [0.29, 0.717) is 0 Å². The third-order valence-corrected chi connectivity index (χ3v) is 3.89. The van der Waals surface area contributed by atoms with Crippen LogP contribution in [0.2, 0.25) is 0 Å². The Morgan fingerprint density at radius 3 is 2.47 bits per heavy atom.